The molecule has 1 amide bonds. The topological polar surface area (TPSA) is 71.2 Å². The molecule has 1 rings (SSSR count). The van der Waals surface area contributed by atoms with E-state index < -0.39 is 0 Å². The Morgan fingerprint density at radius 2 is 2.10 bits per heavy atom. The summed E-state index contributed by atoms with van der Waals surface area (Å²) < 4.78 is 0. The van der Waals surface area contributed by atoms with E-state index in [0.717, 1.165) is 16.8 Å². The molecule has 3 N–H and O–H groups in total. The highest BCUT2D eigenvalue weighted by atomic mass is 32.1. The van der Waals surface area contributed by atoms with Gasteiger partial charge < -0.3 is 16.0 Å². The second-order valence-electron chi connectivity index (χ2n) is 5.22. The number of rotatable bonds is 5. The molecule has 1 heterocycles. The lowest BCUT2D eigenvalue weighted by molar-refractivity contribution is -0.120. The molecule has 0 fully saturated rings. The number of carbonyl (C=O) groups excluding carboxylic acids is 1. The molecule has 1 aromatic heterocycles. The van der Waals surface area contributed by atoms with Crippen LogP contribution in [0.1, 0.15) is 30.7 Å². The van der Waals surface area contributed by atoms with Gasteiger partial charge in [0.1, 0.15) is 10.8 Å². The Morgan fingerprint density at radius 1 is 1.50 bits per heavy atom. The standard InChI is InChI=1S/C14H22N4OS/c1-8(2)16-11(19)7-18(5)14-12(13(15)20)9(3)6-10(4)17-14/h6,8H,7H2,1-5H3,(H2,15,20)(H,16,19). The molecule has 0 radical (unpaired) electrons. The van der Waals surface area contributed by atoms with Crippen LogP contribution in [0.3, 0.4) is 0 Å². The number of aryl methyl sites for hydroxylation is 2. The zero-order valence-electron chi connectivity index (χ0n) is 12.7. The molecule has 20 heavy (non-hydrogen) atoms. The molecule has 0 aliphatic carbocycles. The molecular formula is C14H22N4OS. The predicted octanol–water partition coefficient (Wildman–Crippen LogP) is 1.29. The first-order chi connectivity index (χ1) is 9.22. The summed E-state index contributed by atoms with van der Waals surface area (Å²) in [7, 11) is 1.81. The molecule has 0 bridgehead atoms. The van der Waals surface area contributed by atoms with Crippen molar-refractivity contribution in [1.29, 1.82) is 0 Å². The van der Waals surface area contributed by atoms with Gasteiger partial charge in [0.2, 0.25) is 5.91 Å². The number of pyridine rings is 1. The van der Waals surface area contributed by atoms with Crippen LogP contribution in [0.25, 0.3) is 0 Å². The van der Waals surface area contributed by atoms with E-state index in [9.17, 15) is 4.79 Å². The highest BCUT2D eigenvalue weighted by Crippen LogP contribution is 2.21. The van der Waals surface area contributed by atoms with Crippen LogP contribution in [-0.2, 0) is 4.79 Å². The lowest BCUT2D eigenvalue weighted by Crippen LogP contribution is -2.39. The van der Waals surface area contributed by atoms with E-state index in [2.05, 4.69) is 10.3 Å². The Bertz CT molecular complexity index is 528. The van der Waals surface area contributed by atoms with Gasteiger partial charge >= 0.3 is 0 Å². The number of aromatic nitrogens is 1. The van der Waals surface area contributed by atoms with E-state index >= 15 is 0 Å². The predicted molar refractivity (Wildman–Crippen MR) is 86.1 cm³/mol. The SMILES string of the molecule is Cc1cc(C)c(C(N)=S)c(N(C)CC(=O)NC(C)C)n1. The van der Waals surface area contributed by atoms with Gasteiger partial charge in [-0.2, -0.15) is 0 Å². The van der Waals surface area contributed by atoms with Crippen molar-refractivity contribution in [1.82, 2.24) is 10.3 Å². The zero-order valence-corrected chi connectivity index (χ0v) is 13.5. The molecule has 0 aliphatic heterocycles. The summed E-state index contributed by atoms with van der Waals surface area (Å²) in [6, 6.07) is 2.04. The maximum absolute atomic E-state index is 11.8. The van der Waals surface area contributed by atoms with Crippen molar-refractivity contribution in [3.8, 4) is 0 Å². The van der Waals surface area contributed by atoms with E-state index in [1.54, 1.807) is 4.90 Å². The second kappa shape index (κ2) is 6.65. The molecule has 0 atom stereocenters. The molecule has 0 saturated heterocycles. The second-order valence-corrected chi connectivity index (χ2v) is 5.66. The molecule has 0 aromatic carbocycles. The summed E-state index contributed by atoms with van der Waals surface area (Å²) in [6.07, 6.45) is 0. The van der Waals surface area contributed by atoms with E-state index in [1.807, 2.05) is 40.8 Å². The van der Waals surface area contributed by atoms with Gasteiger partial charge in [-0.25, -0.2) is 4.98 Å². The van der Waals surface area contributed by atoms with Gasteiger partial charge in [0.05, 0.1) is 12.1 Å². The van der Waals surface area contributed by atoms with Gasteiger partial charge in [-0.15, -0.1) is 0 Å². The molecule has 110 valence electrons. The van der Waals surface area contributed by atoms with Gasteiger partial charge in [0.15, 0.2) is 0 Å². The van der Waals surface area contributed by atoms with Crippen LogP contribution in [-0.4, -0.2) is 35.5 Å². The molecule has 0 unspecified atom stereocenters. The van der Waals surface area contributed by atoms with Crippen LogP contribution in [0.2, 0.25) is 0 Å². The average molecular weight is 294 g/mol. The fourth-order valence-corrected chi connectivity index (χ4v) is 2.31. The minimum Gasteiger partial charge on any atom is -0.389 e. The number of nitrogens with one attached hydrogen (secondary N) is 1. The lowest BCUT2D eigenvalue weighted by atomic mass is 10.1. The van der Waals surface area contributed by atoms with Crippen molar-refractivity contribution < 1.29 is 4.79 Å². The Kier molecular flexibility index (Phi) is 5.44. The number of thiocarbonyl (C=S) groups is 1. The van der Waals surface area contributed by atoms with Gasteiger partial charge in [-0.3, -0.25) is 4.79 Å². The fourth-order valence-electron chi connectivity index (χ4n) is 2.06. The van der Waals surface area contributed by atoms with E-state index in [0.29, 0.717) is 10.8 Å². The number of hydrogen-bond donors (Lipinski definition) is 2. The number of likely N-dealkylation sites (N-methyl/N-ethyl adjacent to an activating group) is 1. The zero-order chi connectivity index (χ0) is 15.4. The summed E-state index contributed by atoms with van der Waals surface area (Å²) in [4.78, 5) is 18.4. The summed E-state index contributed by atoms with van der Waals surface area (Å²) >= 11 is 5.09. The summed E-state index contributed by atoms with van der Waals surface area (Å²) in [5.41, 5.74) is 8.34. The Morgan fingerprint density at radius 3 is 2.60 bits per heavy atom. The van der Waals surface area contributed by atoms with Crippen molar-refractivity contribution in [3.05, 3.63) is 22.9 Å². The minimum absolute atomic E-state index is 0.0580. The van der Waals surface area contributed by atoms with Crippen LogP contribution in [0.15, 0.2) is 6.07 Å². The van der Waals surface area contributed by atoms with Gasteiger partial charge in [-0.1, -0.05) is 12.2 Å². The first-order valence-corrected chi connectivity index (χ1v) is 6.91. The van der Waals surface area contributed by atoms with Crippen molar-refractivity contribution in [2.75, 3.05) is 18.5 Å². The number of nitrogens with two attached hydrogens (primary N) is 1. The molecule has 0 aliphatic rings. The third-order valence-electron chi connectivity index (χ3n) is 2.76. The highest BCUT2D eigenvalue weighted by molar-refractivity contribution is 7.80. The fraction of sp³-hybridized carbons (Fsp3) is 0.500. The normalized spacial score (nSPS) is 10.5. The molecule has 6 heteroatoms. The minimum atomic E-state index is -0.0580. The van der Waals surface area contributed by atoms with Crippen LogP contribution in [0.5, 0.6) is 0 Å². The van der Waals surface area contributed by atoms with Gasteiger partial charge in [0.25, 0.3) is 0 Å². The molecule has 0 saturated carbocycles. The first-order valence-electron chi connectivity index (χ1n) is 6.51. The van der Waals surface area contributed by atoms with Crippen molar-refractivity contribution in [2.24, 2.45) is 5.73 Å². The number of nitrogens with zero attached hydrogens (tertiary/aromatic N) is 2. The number of hydrogen-bond acceptors (Lipinski definition) is 4. The number of anilines is 1. The Balaban J connectivity index is 3.06. The third-order valence-corrected chi connectivity index (χ3v) is 2.97. The molecular weight excluding hydrogens is 272 g/mol. The third kappa shape index (κ3) is 4.16. The summed E-state index contributed by atoms with van der Waals surface area (Å²) in [6.45, 7) is 7.90. The highest BCUT2D eigenvalue weighted by Gasteiger charge is 2.17. The molecule has 1 aromatic rings. The molecule has 0 spiro atoms. The van der Waals surface area contributed by atoms with Crippen LogP contribution in [0, 0.1) is 13.8 Å². The van der Waals surface area contributed by atoms with Crippen molar-refractivity contribution >= 4 is 28.9 Å². The van der Waals surface area contributed by atoms with E-state index in [1.165, 1.54) is 0 Å². The summed E-state index contributed by atoms with van der Waals surface area (Å²) in [5, 5.41) is 2.85. The maximum Gasteiger partial charge on any atom is 0.239 e. The Hall–Kier alpha value is -1.69. The molecule has 5 nitrogen and oxygen atoms in total. The first kappa shape index (κ1) is 16.4. The van der Waals surface area contributed by atoms with Gasteiger partial charge in [0, 0.05) is 18.8 Å². The largest absolute Gasteiger partial charge is 0.389 e. The van der Waals surface area contributed by atoms with E-state index in [-0.39, 0.29) is 18.5 Å². The van der Waals surface area contributed by atoms with Crippen LogP contribution < -0.4 is 16.0 Å². The summed E-state index contributed by atoms with van der Waals surface area (Å²) in [5.74, 6) is 0.589. The van der Waals surface area contributed by atoms with Crippen LogP contribution >= 0.6 is 12.2 Å². The lowest BCUT2D eigenvalue weighted by Gasteiger charge is -2.22. The number of carbonyl (C=O) groups is 1. The Labute approximate surface area is 125 Å². The monoisotopic (exact) mass is 294 g/mol. The quantitative estimate of drug-likeness (QED) is 0.801. The van der Waals surface area contributed by atoms with Gasteiger partial charge in [-0.05, 0) is 39.3 Å². The van der Waals surface area contributed by atoms with Crippen molar-refractivity contribution in [3.63, 3.8) is 0 Å². The maximum atomic E-state index is 11.8. The van der Waals surface area contributed by atoms with Crippen LogP contribution in [0.4, 0.5) is 5.82 Å². The van der Waals surface area contributed by atoms with Crippen molar-refractivity contribution in [2.45, 2.75) is 33.7 Å². The number of amides is 1. The average Bonchev–Trinajstić information content (AvgIpc) is 2.25. The van der Waals surface area contributed by atoms with E-state index in [4.69, 9.17) is 18.0 Å². The smallest absolute Gasteiger partial charge is 0.239 e.